The number of nitrogens with zero attached hydrogens (tertiary/aromatic N) is 3. The number of nitriles is 1. The summed E-state index contributed by atoms with van der Waals surface area (Å²) < 4.78 is 0. The predicted molar refractivity (Wildman–Crippen MR) is 59.6 cm³/mol. The van der Waals surface area contributed by atoms with E-state index >= 15 is 0 Å². The molecule has 2 aromatic heterocycles. The van der Waals surface area contributed by atoms with E-state index in [-0.39, 0.29) is 6.04 Å². The second kappa shape index (κ2) is 4.45. The summed E-state index contributed by atoms with van der Waals surface area (Å²) in [6.45, 7) is 1.98. The maximum atomic E-state index is 8.64. The molecule has 0 saturated heterocycles. The third kappa shape index (κ3) is 2.17. The molecule has 0 spiro atoms. The molecule has 2 aromatic rings. The van der Waals surface area contributed by atoms with Crippen LogP contribution in [0.5, 0.6) is 0 Å². The SMILES string of the molecule is CC(Nc1ccc(C#N)cn1)c1ncc[nH]1. The molecule has 5 heteroatoms. The summed E-state index contributed by atoms with van der Waals surface area (Å²) in [6, 6.07) is 5.58. The third-order valence-electron chi connectivity index (χ3n) is 2.19. The molecule has 1 unspecified atom stereocenters. The fourth-order valence-electron chi connectivity index (χ4n) is 1.35. The van der Waals surface area contributed by atoms with Crippen molar-refractivity contribution in [2.24, 2.45) is 0 Å². The fourth-order valence-corrected chi connectivity index (χ4v) is 1.35. The van der Waals surface area contributed by atoms with E-state index in [2.05, 4.69) is 20.3 Å². The number of rotatable bonds is 3. The van der Waals surface area contributed by atoms with Crippen molar-refractivity contribution in [3.8, 4) is 6.07 Å². The number of aromatic nitrogens is 3. The highest BCUT2D eigenvalue weighted by Crippen LogP contribution is 2.13. The zero-order valence-corrected chi connectivity index (χ0v) is 8.81. The molecule has 0 fully saturated rings. The average Bonchev–Trinajstić information content (AvgIpc) is 2.83. The van der Waals surface area contributed by atoms with Gasteiger partial charge in [0.2, 0.25) is 0 Å². The van der Waals surface area contributed by atoms with Crippen LogP contribution in [-0.2, 0) is 0 Å². The van der Waals surface area contributed by atoms with Gasteiger partial charge in [0, 0.05) is 18.6 Å². The molecule has 1 atom stereocenters. The molecule has 0 saturated carbocycles. The Hall–Kier alpha value is -2.35. The molecular formula is C11H11N5. The van der Waals surface area contributed by atoms with Gasteiger partial charge in [-0.3, -0.25) is 0 Å². The van der Waals surface area contributed by atoms with E-state index in [9.17, 15) is 0 Å². The maximum Gasteiger partial charge on any atom is 0.128 e. The number of pyridine rings is 1. The number of imidazole rings is 1. The zero-order valence-electron chi connectivity index (χ0n) is 8.81. The summed E-state index contributed by atoms with van der Waals surface area (Å²) in [4.78, 5) is 11.3. The van der Waals surface area contributed by atoms with Gasteiger partial charge in [0.25, 0.3) is 0 Å². The Balaban J connectivity index is 2.07. The molecule has 16 heavy (non-hydrogen) atoms. The summed E-state index contributed by atoms with van der Waals surface area (Å²) in [6.07, 6.45) is 5.02. The molecule has 0 radical (unpaired) electrons. The Labute approximate surface area is 93.2 Å². The fraction of sp³-hybridized carbons (Fsp3) is 0.182. The van der Waals surface area contributed by atoms with Crippen molar-refractivity contribution >= 4 is 5.82 Å². The van der Waals surface area contributed by atoms with Gasteiger partial charge in [-0.1, -0.05) is 0 Å². The van der Waals surface area contributed by atoms with E-state index in [1.807, 2.05) is 13.0 Å². The van der Waals surface area contributed by atoms with Crippen LogP contribution in [0.2, 0.25) is 0 Å². The van der Waals surface area contributed by atoms with Gasteiger partial charge in [0.15, 0.2) is 0 Å². The third-order valence-corrected chi connectivity index (χ3v) is 2.19. The summed E-state index contributed by atoms with van der Waals surface area (Å²) in [5.41, 5.74) is 0.552. The molecule has 2 N–H and O–H groups in total. The van der Waals surface area contributed by atoms with E-state index in [4.69, 9.17) is 5.26 Å². The Morgan fingerprint density at radius 3 is 2.88 bits per heavy atom. The van der Waals surface area contributed by atoms with Crippen LogP contribution in [0.1, 0.15) is 24.4 Å². The molecule has 2 heterocycles. The molecular weight excluding hydrogens is 202 g/mol. The van der Waals surface area contributed by atoms with Crippen molar-refractivity contribution in [2.75, 3.05) is 5.32 Å². The summed E-state index contributed by atoms with van der Waals surface area (Å²) >= 11 is 0. The van der Waals surface area contributed by atoms with E-state index in [1.165, 1.54) is 6.20 Å². The van der Waals surface area contributed by atoms with Gasteiger partial charge in [0.05, 0.1) is 11.6 Å². The highest BCUT2D eigenvalue weighted by atomic mass is 15.1. The predicted octanol–water partition coefficient (Wildman–Crippen LogP) is 1.85. The highest BCUT2D eigenvalue weighted by molar-refractivity contribution is 5.40. The first-order valence-corrected chi connectivity index (χ1v) is 4.91. The van der Waals surface area contributed by atoms with Crippen molar-refractivity contribution in [3.05, 3.63) is 42.1 Å². The molecule has 0 aliphatic carbocycles. The van der Waals surface area contributed by atoms with E-state index in [0.29, 0.717) is 5.56 Å². The Bertz CT molecular complexity index is 480. The molecule has 0 aliphatic rings. The average molecular weight is 213 g/mol. The second-order valence-electron chi connectivity index (χ2n) is 3.38. The summed E-state index contributed by atoms with van der Waals surface area (Å²) in [5.74, 6) is 1.58. The lowest BCUT2D eigenvalue weighted by Gasteiger charge is -2.11. The van der Waals surface area contributed by atoms with Crippen LogP contribution in [0.15, 0.2) is 30.7 Å². The number of hydrogen-bond donors (Lipinski definition) is 2. The van der Waals surface area contributed by atoms with Crippen LogP contribution in [-0.4, -0.2) is 15.0 Å². The molecule has 5 nitrogen and oxygen atoms in total. The van der Waals surface area contributed by atoms with Crippen LogP contribution in [0, 0.1) is 11.3 Å². The van der Waals surface area contributed by atoms with Gasteiger partial charge in [-0.15, -0.1) is 0 Å². The summed E-state index contributed by atoms with van der Waals surface area (Å²) in [7, 11) is 0. The van der Waals surface area contributed by atoms with E-state index in [1.54, 1.807) is 24.5 Å². The van der Waals surface area contributed by atoms with Gasteiger partial charge in [0.1, 0.15) is 17.7 Å². The van der Waals surface area contributed by atoms with Crippen LogP contribution in [0.4, 0.5) is 5.82 Å². The van der Waals surface area contributed by atoms with Crippen molar-refractivity contribution < 1.29 is 0 Å². The molecule has 0 aromatic carbocycles. The number of aromatic amines is 1. The van der Waals surface area contributed by atoms with Gasteiger partial charge >= 0.3 is 0 Å². The molecule has 0 amide bonds. The van der Waals surface area contributed by atoms with Crippen LogP contribution >= 0.6 is 0 Å². The van der Waals surface area contributed by atoms with Crippen LogP contribution in [0.3, 0.4) is 0 Å². The zero-order chi connectivity index (χ0) is 11.4. The first kappa shape index (κ1) is 10.2. The van der Waals surface area contributed by atoms with Gasteiger partial charge in [-0.25, -0.2) is 9.97 Å². The number of hydrogen-bond acceptors (Lipinski definition) is 4. The minimum Gasteiger partial charge on any atom is -0.360 e. The van der Waals surface area contributed by atoms with Gasteiger partial charge in [-0.05, 0) is 19.1 Å². The first-order chi connectivity index (χ1) is 7.79. The monoisotopic (exact) mass is 213 g/mol. The van der Waals surface area contributed by atoms with Gasteiger partial charge < -0.3 is 10.3 Å². The normalized spacial score (nSPS) is 11.8. The van der Waals surface area contributed by atoms with Crippen molar-refractivity contribution in [2.45, 2.75) is 13.0 Å². The molecule has 2 rings (SSSR count). The van der Waals surface area contributed by atoms with E-state index < -0.39 is 0 Å². The standard InChI is InChI=1S/C11H11N5/c1-8(11-13-4-5-14-11)16-10-3-2-9(6-12)7-15-10/h2-5,7-8H,1H3,(H,13,14)(H,15,16). The minimum atomic E-state index is 0.0513. The Morgan fingerprint density at radius 1 is 1.44 bits per heavy atom. The minimum absolute atomic E-state index is 0.0513. The quantitative estimate of drug-likeness (QED) is 0.815. The Morgan fingerprint density at radius 2 is 2.31 bits per heavy atom. The van der Waals surface area contributed by atoms with Crippen molar-refractivity contribution in [3.63, 3.8) is 0 Å². The van der Waals surface area contributed by atoms with E-state index in [0.717, 1.165) is 11.6 Å². The smallest absolute Gasteiger partial charge is 0.128 e. The number of H-pyrrole nitrogens is 1. The topological polar surface area (TPSA) is 77.4 Å². The lowest BCUT2D eigenvalue weighted by Crippen LogP contribution is -2.09. The van der Waals surface area contributed by atoms with Gasteiger partial charge in [-0.2, -0.15) is 5.26 Å². The maximum absolute atomic E-state index is 8.64. The molecule has 80 valence electrons. The Kier molecular flexibility index (Phi) is 2.83. The largest absolute Gasteiger partial charge is 0.360 e. The highest BCUT2D eigenvalue weighted by Gasteiger charge is 2.07. The second-order valence-corrected chi connectivity index (χ2v) is 3.38. The lowest BCUT2D eigenvalue weighted by atomic mass is 10.3. The lowest BCUT2D eigenvalue weighted by molar-refractivity contribution is 0.804. The molecule has 0 aliphatic heterocycles. The van der Waals surface area contributed by atoms with Crippen LogP contribution in [0.25, 0.3) is 0 Å². The van der Waals surface area contributed by atoms with Crippen molar-refractivity contribution in [1.29, 1.82) is 5.26 Å². The van der Waals surface area contributed by atoms with Crippen molar-refractivity contribution in [1.82, 2.24) is 15.0 Å². The number of nitrogens with one attached hydrogen (secondary N) is 2. The summed E-state index contributed by atoms with van der Waals surface area (Å²) in [5, 5.41) is 11.8. The number of anilines is 1. The van der Waals surface area contributed by atoms with Crippen LogP contribution < -0.4 is 5.32 Å². The molecule has 0 bridgehead atoms. The first-order valence-electron chi connectivity index (χ1n) is 4.91.